The maximum Gasteiger partial charge on any atom is 0.0985 e. The molecular formula is C8H13N3O. The van der Waals surface area contributed by atoms with E-state index in [1.54, 1.807) is 0 Å². The Balaban J connectivity index is 2.02. The van der Waals surface area contributed by atoms with Gasteiger partial charge < -0.3 is 10.5 Å². The van der Waals surface area contributed by atoms with Gasteiger partial charge in [-0.3, -0.25) is 4.68 Å². The van der Waals surface area contributed by atoms with Gasteiger partial charge in [-0.05, 0) is 18.5 Å². The molecule has 1 aliphatic heterocycles. The lowest BCUT2D eigenvalue weighted by atomic mass is 10.2. The molecule has 12 heavy (non-hydrogen) atoms. The van der Waals surface area contributed by atoms with Gasteiger partial charge in [-0.1, -0.05) is 0 Å². The quantitative estimate of drug-likeness (QED) is 0.687. The van der Waals surface area contributed by atoms with E-state index in [1.807, 2.05) is 10.9 Å². The highest BCUT2D eigenvalue weighted by atomic mass is 16.5. The van der Waals surface area contributed by atoms with Crippen molar-refractivity contribution in [3.8, 4) is 0 Å². The third-order valence-corrected chi connectivity index (χ3v) is 2.08. The maximum atomic E-state index is 5.43. The normalized spacial score (nSPS) is 17.8. The summed E-state index contributed by atoms with van der Waals surface area (Å²) in [7, 11) is 0. The molecule has 1 saturated heterocycles. The zero-order valence-electron chi connectivity index (χ0n) is 6.94. The summed E-state index contributed by atoms with van der Waals surface area (Å²) in [6.07, 6.45) is 4.85. The summed E-state index contributed by atoms with van der Waals surface area (Å²) in [5.41, 5.74) is 6.64. The lowest BCUT2D eigenvalue weighted by Gasteiger charge is -2.25. The molecule has 0 bridgehead atoms. The van der Waals surface area contributed by atoms with Gasteiger partial charge in [-0.15, -0.1) is 0 Å². The Bertz CT molecular complexity index is 255. The first-order chi connectivity index (χ1) is 5.90. The van der Waals surface area contributed by atoms with Crippen molar-refractivity contribution in [3.05, 3.63) is 18.0 Å². The minimum Gasteiger partial charge on any atom is -0.377 e. The smallest absolute Gasteiger partial charge is 0.0985 e. The molecule has 1 fully saturated rings. The summed E-state index contributed by atoms with van der Waals surface area (Å²) < 4.78 is 7.04. The van der Waals surface area contributed by atoms with Crippen molar-refractivity contribution in [2.45, 2.75) is 12.5 Å². The summed E-state index contributed by atoms with van der Waals surface area (Å²) in [5, 5.41) is 4.24. The first-order valence-electron chi connectivity index (χ1n) is 4.21. The summed E-state index contributed by atoms with van der Waals surface area (Å²) in [4.78, 5) is 0. The Morgan fingerprint density at radius 3 is 3.08 bits per heavy atom. The molecule has 0 amide bonds. The zero-order valence-corrected chi connectivity index (χ0v) is 6.94. The highest BCUT2D eigenvalue weighted by molar-refractivity contribution is 5.05. The molecular weight excluding hydrogens is 154 g/mol. The van der Waals surface area contributed by atoms with Gasteiger partial charge in [0.2, 0.25) is 0 Å². The number of nitrogens with two attached hydrogens (primary N) is 1. The van der Waals surface area contributed by atoms with Crippen molar-refractivity contribution in [1.82, 2.24) is 9.78 Å². The zero-order chi connectivity index (χ0) is 8.39. The van der Waals surface area contributed by atoms with Gasteiger partial charge in [0.25, 0.3) is 0 Å². The van der Waals surface area contributed by atoms with Crippen LogP contribution >= 0.6 is 0 Å². The van der Waals surface area contributed by atoms with Crippen LogP contribution in [0.25, 0.3) is 0 Å². The van der Waals surface area contributed by atoms with Crippen LogP contribution in [-0.4, -0.2) is 29.5 Å². The summed E-state index contributed by atoms with van der Waals surface area (Å²) >= 11 is 0. The second-order valence-electron chi connectivity index (χ2n) is 3.06. The van der Waals surface area contributed by atoms with E-state index in [2.05, 4.69) is 11.3 Å². The van der Waals surface area contributed by atoms with Gasteiger partial charge in [0.05, 0.1) is 25.5 Å². The lowest BCUT2D eigenvalue weighted by Crippen LogP contribution is -2.30. The molecule has 0 unspecified atom stereocenters. The van der Waals surface area contributed by atoms with Crippen molar-refractivity contribution in [2.75, 3.05) is 19.8 Å². The molecule has 4 heteroatoms. The van der Waals surface area contributed by atoms with Crippen molar-refractivity contribution in [1.29, 1.82) is 0 Å². The Morgan fingerprint density at radius 2 is 2.50 bits per heavy atom. The molecule has 2 N–H and O–H groups in total. The number of hydrogen-bond donors (Lipinski definition) is 1. The maximum absolute atomic E-state index is 5.43. The predicted molar refractivity (Wildman–Crippen MR) is 44.8 cm³/mol. The molecule has 0 aromatic carbocycles. The van der Waals surface area contributed by atoms with Crippen LogP contribution < -0.4 is 5.73 Å². The second kappa shape index (κ2) is 3.25. The van der Waals surface area contributed by atoms with Crippen LogP contribution in [0.2, 0.25) is 0 Å². The SMILES string of the molecule is NCCc1cnn(C2COC2)c1. The Morgan fingerprint density at radius 1 is 1.67 bits per heavy atom. The van der Waals surface area contributed by atoms with E-state index in [1.165, 1.54) is 5.56 Å². The van der Waals surface area contributed by atoms with Gasteiger partial charge in [0, 0.05) is 6.20 Å². The van der Waals surface area contributed by atoms with Gasteiger partial charge in [0.15, 0.2) is 0 Å². The monoisotopic (exact) mass is 167 g/mol. The second-order valence-corrected chi connectivity index (χ2v) is 3.06. The fourth-order valence-electron chi connectivity index (χ4n) is 1.25. The molecule has 0 atom stereocenters. The van der Waals surface area contributed by atoms with Crippen LogP contribution in [0.1, 0.15) is 11.6 Å². The molecule has 0 radical (unpaired) electrons. The number of hydrogen-bond acceptors (Lipinski definition) is 3. The van der Waals surface area contributed by atoms with Gasteiger partial charge >= 0.3 is 0 Å². The van der Waals surface area contributed by atoms with E-state index >= 15 is 0 Å². The van der Waals surface area contributed by atoms with Crippen LogP contribution in [0.15, 0.2) is 12.4 Å². The van der Waals surface area contributed by atoms with E-state index in [4.69, 9.17) is 10.5 Å². The van der Waals surface area contributed by atoms with Gasteiger partial charge in [0.1, 0.15) is 0 Å². The van der Waals surface area contributed by atoms with Crippen LogP contribution in [0.4, 0.5) is 0 Å². The standard InChI is InChI=1S/C8H13N3O/c9-2-1-7-3-10-11(4-7)8-5-12-6-8/h3-4,8H,1-2,5-6,9H2. The average Bonchev–Trinajstić information content (AvgIpc) is 2.34. The van der Waals surface area contributed by atoms with Gasteiger partial charge in [-0.2, -0.15) is 5.10 Å². The lowest BCUT2D eigenvalue weighted by molar-refractivity contribution is -0.0286. The summed E-state index contributed by atoms with van der Waals surface area (Å²) in [6.45, 7) is 2.28. The molecule has 1 aromatic rings. The molecule has 2 rings (SSSR count). The van der Waals surface area contributed by atoms with Gasteiger partial charge in [-0.25, -0.2) is 0 Å². The van der Waals surface area contributed by atoms with E-state index in [-0.39, 0.29) is 0 Å². The molecule has 4 nitrogen and oxygen atoms in total. The first-order valence-corrected chi connectivity index (χ1v) is 4.21. The first kappa shape index (κ1) is 7.76. The summed E-state index contributed by atoms with van der Waals surface area (Å²) in [6, 6.07) is 0.455. The Labute approximate surface area is 71.3 Å². The molecule has 0 saturated carbocycles. The van der Waals surface area contributed by atoms with Crippen molar-refractivity contribution in [2.24, 2.45) is 5.73 Å². The third kappa shape index (κ3) is 1.35. The molecule has 2 heterocycles. The van der Waals surface area contributed by atoms with Crippen LogP contribution in [0.5, 0.6) is 0 Å². The Kier molecular flexibility index (Phi) is 2.10. The van der Waals surface area contributed by atoms with E-state index in [9.17, 15) is 0 Å². The molecule has 0 aliphatic carbocycles. The third-order valence-electron chi connectivity index (χ3n) is 2.08. The minimum absolute atomic E-state index is 0.455. The fraction of sp³-hybridized carbons (Fsp3) is 0.625. The highest BCUT2D eigenvalue weighted by Gasteiger charge is 2.20. The Hall–Kier alpha value is -0.870. The van der Waals surface area contributed by atoms with Crippen molar-refractivity contribution < 1.29 is 4.74 Å². The minimum atomic E-state index is 0.455. The van der Waals surface area contributed by atoms with Crippen LogP contribution in [-0.2, 0) is 11.2 Å². The van der Waals surface area contributed by atoms with E-state index < -0.39 is 0 Å². The predicted octanol–water partition coefficient (Wildman–Crippen LogP) is -0.0444. The number of ether oxygens (including phenoxy) is 1. The average molecular weight is 167 g/mol. The number of aromatic nitrogens is 2. The van der Waals surface area contributed by atoms with Crippen LogP contribution in [0, 0.1) is 0 Å². The summed E-state index contributed by atoms with van der Waals surface area (Å²) in [5.74, 6) is 0. The molecule has 1 aliphatic rings. The number of rotatable bonds is 3. The molecule has 0 spiro atoms. The number of nitrogens with zero attached hydrogens (tertiary/aromatic N) is 2. The van der Waals surface area contributed by atoms with E-state index in [0.29, 0.717) is 12.6 Å². The van der Waals surface area contributed by atoms with Crippen molar-refractivity contribution >= 4 is 0 Å². The molecule has 1 aromatic heterocycles. The highest BCUT2D eigenvalue weighted by Crippen LogP contribution is 2.16. The fourth-order valence-corrected chi connectivity index (χ4v) is 1.25. The van der Waals surface area contributed by atoms with Crippen LogP contribution in [0.3, 0.4) is 0 Å². The topological polar surface area (TPSA) is 53.1 Å². The largest absolute Gasteiger partial charge is 0.377 e. The van der Waals surface area contributed by atoms with Crippen molar-refractivity contribution in [3.63, 3.8) is 0 Å². The molecule has 66 valence electrons. The van der Waals surface area contributed by atoms with E-state index in [0.717, 1.165) is 19.6 Å².